The molecule has 0 unspecified atom stereocenters. The molecule has 1 amide bonds. The summed E-state index contributed by atoms with van der Waals surface area (Å²) in [5.41, 5.74) is 1.38. The summed E-state index contributed by atoms with van der Waals surface area (Å²) in [5, 5.41) is 4.66. The van der Waals surface area contributed by atoms with Crippen molar-refractivity contribution in [3.05, 3.63) is 66.2 Å². The predicted molar refractivity (Wildman–Crippen MR) is 141 cm³/mol. The molecule has 1 aliphatic heterocycles. The zero-order valence-corrected chi connectivity index (χ0v) is 21.4. The van der Waals surface area contributed by atoms with Crippen LogP contribution in [0.15, 0.2) is 65.6 Å². The van der Waals surface area contributed by atoms with Crippen LogP contribution in [0, 0.1) is 0 Å². The fraction of sp³-hybridized carbons (Fsp3) is 0.333. The number of carbonyl (C=O) groups is 2. The van der Waals surface area contributed by atoms with E-state index in [1.165, 1.54) is 16.4 Å². The minimum absolute atomic E-state index is 0.0290. The molecule has 0 bridgehead atoms. The highest BCUT2D eigenvalue weighted by atomic mass is 32.2. The van der Waals surface area contributed by atoms with E-state index in [0.29, 0.717) is 24.5 Å². The molecule has 0 atom stereocenters. The Bertz CT molecular complexity index is 1360. The van der Waals surface area contributed by atoms with Gasteiger partial charge < -0.3 is 15.0 Å². The quantitative estimate of drug-likeness (QED) is 0.433. The maximum Gasteiger partial charge on any atom is 0.340 e. The number of nitrogens with one attached hydrogen (secondary N) is 1. The van der Waals surface area contributed by atoms with E-state index in [1.807, 2.05) is 41.3 Å². The van der Waals surface area contributed by atoms with Crippen LogP contribution in [0.1, 0.15) is 37.0 Å². The van der Waals surface area contributed by atoms with Crippen LogP contribution < -0.4 is 10.2 Å². The molecule has 1 heterocycles. The van der Waals surface area contributed by atoms with Crippen molar-refractivity contribution in [2.45, 2.75) is 31.6 Å². The third kappa shape index (κ3) is 5.37. The molecular weight excluding hydrogens is 478 g/mol. The fourth-order valence-corrected chi connectivity index (χ4v) is 6.00. The summed E-state index contributed by atoms with van der Waals surface area (Å²) in [6.45, 7) is 5.22. The van der Waals surface area contributed by atoms with Crippen molar-refractivity contribution in [1.29, 1.82) is 0 Å². The molecule has 190 valence electrons. The molecule has 9 heteroatoms. The molecule has 36 heavy (non-hydrogen) atoms. The lowest BCUT2D eigenvalue weighted by atomic mass is 10.1. The van der Waals surface area contributed by atoms with Crippen LogP contribution in [-0.2, 0) is 19.6 Å². The van der Waals surface area contributed by atoms with Gasteiger partial charge in [0.2, 0.25) is 10.0 Å². The van der Waals surface area contributed by atoms with Gasteiger partial charge in [0.05, 0.1) is 16.1 Å². The van der Waals surface area contributed by atoms with Crippen molar-refractivity contribution in [3.8, 4) is 0 Å². The van der Waals surface area contributed by atoms with E-state index >= 15 is 0 Å². The van der Waals surface area contributed by atoms with Crippen LogP contribution >= 0.6 is 0 Å². The molecule has 8 nitrogen and oxygen atoms in total. The number of fused-ring (bicyclic) bond motifs is 1. The van der Waals surface area contributed by atoms with E-state index in [0.717, 1.165) is 36.7 Å². The van der Waals surface area contributed by atoms with E-state index in [4.69, 9.17) is 4.74 Å². The third-order valence-corrected chi connectivity index (χ3v) is 8.42. The van der Waals surface area contributed by atoms with Crippen LogP contribution in [0.5, 0.6) is 0 Å². The van der Waals surface area contributed by atoms with Crippen LogP contribution in [0.4, 0.5) is 11.4 Å². The molecule has 1 fully saturated rings. The van der Waals surface area contributed by atoms with Crippen molar-refractivity contribution < 1.29 is 22.7 Å². The number of nitrogens with zero attached hydrogens (tertiary/aromatic N) is 2. The summed E-state index contributed by atoms with van der Waals surface area (Å²) in [5.74, 6) is -1.21. The SMILES string of the molecule is CCN(CC)S(=O)(=O)c1ccc(N2CCCC2)c(C(=O)OCC(=O)Nc2cccc3ccccc23)c1. The van der Waals surface area contributed by atoms with Gasteiger partial charge in [-0.25, -0.2) is 13.2 Å². The molecule has 0 saturated carbocycles. The minimum atomic E-state index is -3.76. The Labute approximate surface area is 211 Å². The zero-order chi connectivity index (χ0) is 25.7. The van der Waals surface area contributed by atoms with Crippen LogP contribution in [-0.4, -0.2) is 57.4 Å². The van der Waals surface area contributed by atoms with Gasteiger partial charge >= 0.3 is 5.97 Å². The Balaban J connectivity index is 1.55. The molecule has 0 radical (unpaired) electrons. The normalized spacial score (nSPS) is 13.8. The lowest BCUT2D eigenvalue weighted by Crippen LogP contribution is -2.31. The molecule has 1 N–H and O–H groups in total. The molecule has 0 spiro atoms. The average Bonchev–Trinajstić information content (AvgIpc) is 3.43. The van der Waals surface area contributed by atoms with Gasteiger partial charge in [-0.3, -0.25) is 4.79 Å². The van der Waals surface area contributed by atoms with E-state index in [2.05, 4.69) is 5.32 Å². The van der Waals surface area contributed by atoms with Gasteiger partial charge in [0.15, 0.2) is 6.61 Å². The van der Waals surface area contributed by atoms with Crippen molar-refractivity contribution >= 4 is 44.0 Å². The first-order chi connectivity index (χ1) is 17.3. The molecule has 0 aromatic heterocycles. The number of amides is 1. The molecule has 4 rings (SSSR count). The van der Waals surface area contributed by atoms with Crippen LogP contribution in [0.3, 0.4) is 0 Å². The van der Waals surface area contributed by atoms with E-state index in [9.17, 15) is 18.0 Å². The summed E-state index contributed by atoms with van der Waals surface area (Å²) in [6, 6.07) is 17.8. The summed E-state index contributed by atoms with van der Waals surface area (Å²) in [6.07, 6.45) is 1.98. The lowest BCUT2D eigenvalue weighted by molar-refractivity contribution is -0.119. The Morgan fingerprint density at radius 2 is 1.67 bits per heavy atom. The second kappa shape index (κ2) is 11.1. The molecule has 1 saturated heterocycles. The molecular formula is C27H31N3O5S. The third-order valence-electron chi connectivity index (χ3n) is 6.38. The Kier molecular flexibility index (Phi) is 7.91. The Morgan fingerprint density at radius 3 is 2.39 bits per heavy atom. The average molecular weight is 510 g/mol. The topological polar surface area (TPSA) is 96.0 Å². The maximum atomic E-state index is 13.1. The Hall–Kier alpha value is -3.43. The van der Waals surface area contributed by atoms with Gasteiger partial charge in [-0.05, 0) is 42.5 Å². The van der Waals surface area contributed by atoms with E-state index in [1.54, 1.807) is 26.0 Å². The van der Waals surface area contributed by atoms with Gasteiger partial charge in [0.1, 0.15) is 0 Å². The number of hydrogen-bond acceptors (Lipinski definition) is 6. The van der Waals surface area contributed by atoms with Crippen molar-refractivity contribution in [2.24, 2.45) is 0 Å². The van der Waals surface area contributed by atoms with Gasteiger partial charge in [-0.15, -0.1) is 0 Å². The summed E-state index contributed by atoms with van der Waals surface area (Å²) in [7, 11) is -3.76. The number of esters is 1. The molecule has 1 aliphatic rings. The first-order valence-corrected chi connectivity index (χ1v) is 13.6. The smallest absolute Gasteiger partial charge is 0.340 e. The number of sulfonamides is 1. The largest absolute Gasteiger partial charge is 0.452 e. The van der Waals surface area contributed by atoms with Crippen LogP contribution in [0.2, 0.25) is 0 Å². The number of benzene rings is 3. The van der Waals surface area contributed by atoms with Crippen LogP contribution in [0.25, 0.3) is 10.8 Å². The number of anilines is 2. The highest BCUT2D eigenvalue weighted by molar-refractivity contribution is 7.89. The monoisotopic (exact) mass is 509 g/mol. The highest BCUT2D eigenvalue weighted by Crippen LogP contribution is 2.29. The number of rotatable bonds is 9. The number of carbonyl (C=O) groups excluding carboxylic acids is 2. The van der Waals surface area contributed by atoms with E-state index < -0.39 is 28.5 Å². The van der Waals surface area contributed by atoms with Crippen molar-refractivity contribution in [2.75, 3.05) is 43.0 Å². The second-order valence-electron chi connectivity index (χ2n) is 8.61. The molecule has 0 aliphatic carbocycles. The first-order valence-electron chi connectivity index (χ1n) is 12.2. The Morgan fingerprint density at radius 1 is 0.972 bits per heavy atom. The van der Waals surface area contributed by atoms with Gasteiger partial charge in [-0.2, -0.15) is 4.31 Å². The molecule has 3 aromatic rings. The second-order valence-corrected chi connectivity index (χ2v) is 10.6. The molecule has 3 aromatic carbocycles. The first kappa shape index (κ1) is 25.7. The van der Waals surface area contributed by atoms with Gasteiger partial charge in [0, 0.05) is 37.3 Å². The maximum absolute atomic E-state index is 13.1. The summed E-state index contributed by atoms with van der Waals surface area (Å²) < 4.78 is 32.9. The van der Waals surface area contributed by atoms with Crippen molar-refractivity contribution in [3.63, 3.8) is 0 Å². The zero-order valence-electron chi connectivity index (χ0n) is 20.6. The summed E-state index contributed by atoms with van der Waals surface area (Å²) >= 11 is 0. The van der Waals surface area contributed by atoms with Crippen molar-refractivity contribution in [1.82, 2.24) is 4.31 Å². The standard InChI is InChI=1S/C27H31N3O5S/c1-3-30(4-2)36(33,34)21-14-15-25(29-16-7-8-17-29)23(18-21)27(32)35-19-26(31)28-24-13-9-11-20-10-5-6-12-22(20)24/h5-6,9-15,18H,3-4,7-8,16-17,19H2,1-2H3,(H,28,31). The number of hydrogen-bond donors (Lipinski definition) is 1. The van der Waals surface area contributed by atoms with E-state index in [-0.39, 0.29) is 10.5 Å². The fourth-order valence-electron chi connectivity index (χ4n) is 4.52. The predicted octanol–water partition coefficient (Wildman–Crippen LogP) is 4.27. The highest BCUT2D eigenvalue weighted by Gasteiger charge is 2.27. The lowest BCUT2D eigenvalue weighted by Gasteiger charge is -2.23. The summed E-state index contributed by atoms with van der Waals surface area (Å²) in [4.78, 5) is 27.8. The number of ether oxygens (including phenoxy) is 1. The minimum Gasteiger partial charge on any atom is -0.452 e. The van der Waals surface area contributed by atoms with Gasteiger partial charge in [0.25, 0.3) is 5.91 Å². The van der Waals surface area contributed by atoms with Gasteiger partial charge in [-0.1, -0.05) is 50.2 Å².